The predicted molar refractivity (Wildman–Crippen MR) is 86.3 cm³/mol. The molecule has 0 heterocycles. The van der Waals surface area contributed by atoms with Gasteiger partial charge in [-0.2, -0.15) is 0 Å². The zero-order chi connectivity index (χ0) is 15.6. The Balaban J connectivity index is 2.57. The molecule has 0 aliphatic rings. The lowest BCUT2D eigenvalue weighted by atomic mass is 10.0. The number of ether oxygens (including phenoxy) is 1. The van der Waals surface area contributed by atoms with Gasteiger partial charge in [0, 0.05) is 10.5 Å². The number of carbonyl (C=O) groups excluding carboxylic acids is 1. The molecule has 0 spiro atoms. The molecule has 0 atom stereocenters. The Morgan fingerprint density at radius 3 is 2.52 bits per heavy atom. The second-order valence-corrected chi connectivity index (χ2v) is 5.76. The number of hydrogen-bond acceptors (Lipinski definition) is 4. The summed E-state index contributed by atoms with van der Waals surface area (Å²) in [7, 11) is 1.49. The fourth-order valence-electron chi connectivity index (χ4n) is 1.88. The summed E-state index contributed by atoms with van der Waals surface area (Å²) in [6, 6.07) is 7.65. The van der Waals surface area contributed by atoms with Crippen LogP contribution in [0, 0.1) is 0 Å². The smallest absolute Gasteiger partial charge is 0.198 e. The molecule has 0 bridgehead atoms. The van der Waals surface area contributed by atoms with Gasteiger partial charge in [0.1, 0.15) is 11.5 Å². The quantitative estimate of drug-likeness (QED) is 0.648. The van der Waals surface area contributed by atoms with Crippen molar-refractivity contribution in [2.24, 2.45) is 0 Å². The minimum atomic E-state index is -0.339. The van der Waals surface area contributed by atoms with Crippen molar-refractivity contribution in [2.45, 2.75) is 4.90 Å². The molecule has 0 aromatic heterocycles. The van der Waals surface area contributed by atoms with Gasteiger partial charge in [-0.1, -0.05) is 23.2 Å². The molecule has 0 unspecified atom stereocenters. The highest BCUT2D eigenvalue weighted by Crippen LogP contribution is 2.37. The van der Waals surface area contributed by atoms with Gasteiger partial charge in [-0.05, 0) is 36.6 Å². The molecule has 2 aromatic rings. The summed E-state index contributed by atoms with van der Waals surface area (Å²) < 4.78 is 5.08. The second kappa shape index (κ2) is 6.60. The van der Waals surface area contributed by atoms with Gasteiger partial charge in [0.25, 0.3) is 0 Å². The molecule has 0 fully saturated rings. The van der Waals surface area contributed by atoms with E-state index in [0.29, 0.717) is 26.3 Å². The van der Waals surface area contributed by atoms with Crippen LogP contribution in [-0.2, 0) is 0 Å². The summed E-state index contributed by atoms with van der Waals surface area (Å²) in [5, 5.41) is 10.6. The highest BCUT2D eigenvalue weighted by molar-refractivity contribution is 7.98. The van der Waals surface area contributed by atoms with Gasteiger partial charge in [0.15, 0.2) is 5.78 Å². The monoisotopic (exact) mass is 342 g/mol. The summed E-state index contributed by atoms with van der Waals surface area (Å²) >= 11 is 13.4. The van der Waals surface area contributed by atoms with E-state index in [1.807, 2.05) is 0 Å². The van der Waals surface area contributed by atoms with Crippen LogP contribution in [0.2, 0.25) is 10.0 Å². The van der Waals surface area contributed by atoms with Crippen LogP contribution < -0.4 is 4.74 Å². The second-order valence-electron chi connectivity index (χ2n) is 4.15. The fourth-order valence-corrected chi connectivity index (χ4v) is 3.16. The first-order valence-electron chi connectivity index (χ1n) is 5.93. The van der Waals surface area contributed by atoms with Crippen LogP contribution in [0.25, 0.3) is 0 Å². The summed E-state index contributed by atoms with van der Waals surface area (Å²) in [4.78, 5) is 13.2. The number of phenolic OH excluding ortho intramolecular Hbond substituents is 1. The van der Waals surface area contributed by atoms with E-state index in [1.54, 1.807) is 24.5 Å². The zero-order valence-corrected chi connectivity index (χ0v) is 13.6. The SMILES string of the molecule is COc1ccc(O)c(C(=O)c2ccc(Cl)c(Cl)c2SC)c1. The molecular formula is C15H12Cl2O3S. The van der Waals surface area contributed by atoms with E-state index < -0.39 is 0 Å². The minimum Gasteiger partial charge on any atom is -0.507 e. The molecule has 21 heavy (non-hydrogen) atoms. The predicted octanol–water partition coefficient (Wildman–Crippen LogP) is 4.66. The van der Waals surface area contributed by atoms with Gasteiger partial charge < -0.3 is 9.84 Å². The molecule has 0 amide bonds. The average Bonchev–Trinajstić information content (AvgIpc) is 2.49. The fraction of sp³-hybridized carbons (Fsp3) is 0.133. The van der Waals surface area contributed by atoms with Crippen molar-refractivity contribution >= 4 is 40.7 Å². The van der Waals surface area contributed by atoms with E-state index in [2.05, 4.69) is 0 Å². The van der Waals surface area contributed by atoms with E-state index in [4.69, 9.17) is 27.9 Å². The Kier molecular flexibility index (Phi) is 5.04. The first kappa shape index (κ1) is 16.0. The van der Waals surface area contributed by atoms with Gasteiger partial charge in [-0.25, -0.2) is 0 Å². The molecule has 0 saturated carbocycles. The lowest BCUT2D eigenvalue weighted by Gasteiger charge is -2.11. The summed E-state index contributed by atoms with van der Waals surface area (Å²) in [5.74, 6) is 0.0372. The van der Waals surface area contributed by atoms with Crippen molar-refractivity contribution in [3.05, 3.63) is 51.5 Å². The Morgan fingerprint density at radius 1 is 1.19 bits per heavy atom. The van der Waals surface area contributed by atoms with Crippen LogP contribution >= 0.6 is 35.0 Å². The van der Waals surface area contributed by atoms with Crippen molar-refractivity contribution < 1.29 is 14.6 Å². The number of hydrogen-bond donors (Lipinski definition) is 1. The van der Waals surface area contributed by atoms with Crippen LogP contribution in [0.3, 0.4) is 0 Å². The maximum Gasteiger partial charge on any atom is 0.198 e. The molecule has 0 radical (unpaired) electrons. The Hall–Kier alpha value is -1.36. The number of ketones is 1. The molecule has 2 aromatic carbocycles. The van der Waals surface area contributed by atoms with Crippen LogP contribution in [0.15, 0.2) is 35.2 Å². The van der Waals surface area contributed by atoms with E-state index in [-0.39, 0.29) is 17.1 Å². The molecule has 0 aliphatic heterocycles. The lowest BCUT2D eigenvalue weighted by molar-refractivity contribution is 0.103. The van der Waals surface area contributed by atoms with Crippen molar-refractivity contribution in [3.63, 3.8) is 0 Å². The molecule has 6 heteroatoms. The number of rotatable bonds is 4. The molecule has 0 saturated heterocycles. The van der Waals surface area contributed by atoms with Gasteiger partial charge in [0.2, 0.25) is 0 Å². The third kappa shape index (κ3) is 3.12. The van der Waals surface area contributed by atoms with Crippen molar-refractivity contribution in [2.75, 3.05) is 13.4 Å². The van der Waals surface area contributed by atoms with E-state index >= 15 is 0 Å². The van der Waals surface area contributed by atoms with E-state index in [1.165, 1.54) is 31.0 Å². The molecule has 2 rings (SSSR count). The number of phenols is 1. The van der Waals surface area contributed by atoms with Crippen LogP contribution in [-0.4, -0.2) is 24.3 Å². The highest BCUT2D eigenvalue weighted by Gasteiger charge is 2.20. The standard InChI is InChI=1S/C15H12Cl2O3S/c1-20-8-3-6-12(18)10(7-8)14(19)9-4-5-11(16)13(17)15(9)21-2/h3-7,18H,1-2H3. The number of aromatic hydroxyl groups is 1. The minimum absolute atomic E-state index is 0.112. The third-order valence-electron chi connectivity index (χ3n) is 2.95. The lowest BCUT2D eigenvalue weighted by Crippen LogP contribution is -2.04. The Morgan fingerprint density at radius 2 is 1.90 bits per heavy atom. The maximum atomic E-state index is 12.6. The van der Waals surface area contributed by atoms with Crippen LogP contribution in [0.1, 0.15) is 15.9 Å². The molecule has 1 N–H and O–H groups in total. The van der Waals surface area contributed by atoms with Crippen molar-refractivity contribution in [1.29, 1.82) is 0 Å². The van der Waals surface area contributed by atoms with Gasteiger partial charge in [-0.3, -0.25) is 4.79 Å². The normalized spacial score (nSPS) is 10.5. The Bertz CT molecular complexity index is 702. The molecule has 3 nitrogen and oxygen atoms in total. The van der Waals surface area contributed by atoms with Crippen molar-refractivity contribution in [3.8, 4) is 11.5 Å². The number of carbonyl (C=O) groups is 1. The van der Waals surface area contributed by atoms with Crippen LogP contribution in [0.5, 0.6) is 11.5 Å². The first-order chi connectivity index (χ1) is 9.99. The van der Waals surface area contributed by atoms with Crippen molar-refractivity contribution in [1.82, 2.24) is 0 Å². The average molecular weight is 343 g/mol. The number of halogens is 2. The van der Waals surface area contributed by atoms with E-state index in [0.717, 1.165) is 0 Å². The van der Waals surface area contributed by atoms with Crippen LogP contribution in [0.4, 0.5) is 0 Å². The summed E-state index contributed by atoms with van der Waals surface area (Å²) in [5.41, 5.74) is 0.545. The third-order valence-corrected chi connectivity index (χ3v) is 4.70. The topological polar surface area (TPSA) is 46.5 Å². The Labute approximate surface area is 136 Å². The number of benzene rings is 2. The summed E-state index contributed by atoms with van der Waals surface area (Å²) in [6.07, 6.45) is 1.81. The molecular weight excluding hydrogens is 331 g/mol. The number of thioether (sulfide) groups is 1. The van der Waals surface area contributed by atoms with Gasteiger partial charge in [-0.15, -0.1) is 11.8 Å². The zero-order valence-electron chi connectivity index (χ0n) is 11.3. The summed E-state index contributed by atoms with van der Waals surface area (Å²) in [6.45, 7) is 0. The maximum absolute atomic E-state index is 12.6. The highest BCUT2D eigenvalue weighted by atomic mass is 35.5. The largest absolute Gasteiger partial charge is 0.507 e. The van der Waals surface area contributed by atoms with Gasteiger partial charge in [0.05, 0.1) is 22.7 Å². The van der Waals surface area contributed by atoms with E-state index in [9.17, 15) is 9.90 Å². The molecule has 110 valence electrons. The number of methoxy groups -OCH3 is 1. The van der Waals surface area contributed by atoms with Gasteiger partial charge >= 0.3 is 0 Å². The first-order valence-corrected chi connectivity index (χ1v) is 7.91. The molecule has 0 aliphatic carbocycles.